The zero-order valence-corrected chi connectivity index (χ0v) is 26.8. The highest BCUT2D eigenvalue weighted by Gasteiger charge is 2.27. The van der Waals surface area contributed by atoms with E-state index in [-0.39, 0.29) is 0 Å². The molecule has 3 heterocycles. The van der Waals surface area contributed by atoms with Crippen LogP contribution in [-0.2, 0) is 4.57 Å². The molecule has 12 heteroatoms. The summed E-state index contributed by atoms with van der Waals surface area (Å²) in [4.78, 5) is 16.6. The molecule has 0 unspecified atom stereocenters. The Hall–Kier alpha value is -3.04. The maximum Gasteiger partial charge on any atom is 0.229 e. The van der Waals surface area contributed by atoms with Crippen LogP contribution in [-0.4, -0.2) is 99.6 Å². The fourth-order valence-corrected chi connectivity index (χ4v) is 6.37. The molecule has 0 spiro atoms. The van der Waals surface area contributed by atoms with E-state index in [0.717, 1.165) is 54.7 Å². The van der Waals surface area contributed by atoms with E-state index < -0.39 is 7.29 Å². The predicted octanol–water partition coefficient (Wildman–Crippen LogP) is 5.82. The number of benzene rings is 2. The lowest BCUT2D eigenvalue weighted by molar-refractivity contribution is 0.0982. The average Bonchev–Trinajstić information content (AvgIpc) is 2.99. The molecule has 0 bridgehead atoms. The zero-order chi connectivity index (χ0) is 29.9. The molecule has 0 amide bonds. The Bertz CT molecular complexity index is 1420. The van der Waals surface area contributed by atoms with Crippen LogP contribution in [0.15, 0.2) is 48.7 Å². The summed E-state index contributed by atoms with van der Waals surface area (Å²) in [5.74, 6) is 1.54. The number of ether oxygens (including phenoxy) is 1. The summed E-state index contributed by atoms with van der Waals surface area (Å²) < 4.78 is 20.3. The number of methoxy groups -OCH3 is 1. The Morgan fingerprint density at radius 2 is 1.71 bits per heavy atom. The minimum absolute atomic E-state index is 0.372. The van der Waals surface area contributed by atoms with Crippen molar-refractivity contribution in [3.8, 4) is 5.75 Å². The van der Waals surface area contributed by atoms with E-state index in [1.54, 1.807) is 31.3 Å². The van der Waals surface area contributed by atoms with Crippen molar-refractivity contribution in [1.29, 1.82) is 0 Å². The number of rotatable bonds is 9. The molecule has 0 aliphatic carbocycles. The lowest BCUT2D eigenvalue weighted by Crippen LogP contribution is -2.52. The van der Waals surface area contributed by atoms with Gasteiger partial charge in [-0.3, -0.25) is 4.90 Å². The van der Waals surface area contributed by atoms with E-state index in [1.807, 2.05) is 37.4 Å². The second-order valence-electron chi connectivity index (χ2n) is 11.4. The van der Waals surface area contributed by atoms with Gasteiger partial charge in [0.25, 0.3) is 0 Å². The van der Waals surface area contributed by atoms with Crippen molar-refractivity contribution in [2.24, 2.45) is 0 Å². The van der Waals surface area contributed by atoms with Gasteiger partial charge in [-0.25, -0.2) is 4.98 Å². The van der Waals surface area contributed by atoms with E-state index in [2.05, 4.69) is 54.5 Å². The molecule has 2 aliphatic heterocycles. The number of anilines is 6. The Morgan fingerprint density at radius 3 is 2.40 bits per heavy atom. The Kier molecular flexibility index (Phi) is 9.47. The quantitative estimate of drug-likeness (QED) is 0.288. The molecule has 2 aliphatic rings. The van der Waals surface area contributed by atoms with Gasteiger partial charge in [-0.2, -0.15) is 4.98 Å². The monoisotopic (exact) mass is 612 g/mol. The van der Waals surface area contributed by atoms with Gasteiger partial charge in [-0.15, -0.1) is 0 Å². The molecule has 42 heavy (non-hydrogen) atoms. The first-order chi connectivity index (χ1) is 20.1. The highest BCUT2D eigenvalue weighted by atomic mass is 35.5. The molecule has 10 nitrogen and oxygen atoms in total. The fraction of sp³-hybridized carbons (Fsp3) is 0.467. The third-order valence-electron chi connectivity index (χ3n) is 8.29. The number of hydrogen-bond donors (Lipinski definition) is 2. The van der Waals surface area contributed by atoms with Crippen LogP contribution in [0.2, 0.25) is 5.02 Å². The van der Waals surface area contributed by atoms with Crippen molar-refractivity contribution in [1.82, 2.24) is 19.8 Å². The summed E-state index contributed by atoms with van der Waals surface area (Å²) in [7, 11) is 3.18. The summed E-state index contributed by atoms with van der Waals surface area (Å²) >= 11 is 6.48. The summed E-state index contributed by atoms with van der Waals surface area (Å²) in [6.07, 6.45) is 3.91. The molecule has 2 fully saturated rings. The number of nitrogens with zero attached hydrogens (tertiary/aromatic N) is 6. The lowest BCUT2D eigenvalue weighted by Gasteiger charge is -2.42. The van der Waals surface area contributed by atoms with Crippen molar-refractivity contribution in [2.45, 2.75) is 18.9 Å². The SMILES string of the molecule is COc1cc(N2CCC(N3CCN(C)CC3)CC2)ccc1Nc1ncc(Cl)c(Nc2ccccc2N(C)P(C)(C)=O)n1. The normalized spacial score (nSPS) is 17.2. The molecule has 226 valence electrons. The van der Waals surface area contributed by atoms with Gasteiger partial charge >= 0.3 is 0 Å². The largest absolute Gasteiger partial charge is 0.494 e. The third-order valence-corrected chi connectivity index (χ3v) is 10.2. The molecular formula is C30H42ClN8O2P. The average molecular weight is 613 g/mol. The predicted molar refractivity (Wildman–Crippen MR) is 175 cm³/mol. The summed E-state index contributed by atoms with van der Waals surface area (Å²) in [6.45, 7) is 10.2. The second-order valence-corrected chi connectivity index (χ2v) is 15.0. The minimum Gasteiger partial charge on any atom is -0.494 e. The van der Waals surface area contributed by atoms with Gasteiger partial charge in [0.1, 0.15) is 10.8 Å². The molecule has 2 saturated heterocycles. The van der Waals surface area contributed by atoms with Gasteiger partial charge < -0.3 is 34.4 Å². The van der Waals surface area contributed by atoms with Crippen LogP contribution < -0.4 is 24.9 Å². The van der Waals surface area contributed by atoms with Gasteiger partial charge in [0, 0.05) is 77.4 Å². The number of nitrogens with one attached hydrogen (secondary N) is 2. The van der Waals surface area contributed by atoms with Crippen molar-refractivity contribution >= 4 is 53.4 Å². The number of likely N-dealkylation sites (N-methyl/N-ethyl adjacent to an activating group) is 1. The highest BCUT2D eigenvalue weighted by molar-refractivity contribution is 7.64. The number of para-hydroxylation sites is 2. The smallest absolute Gasteiger partial charge is 0.229 e. The summed E-state index contributed by atoms with van der Waals surface area (Å²) in [5, 5.41) is 6.96. The maximum atomic E-state index is 12.7. The first-order valence-electron chi connectivity index (χ1n) is 14.4. The van der Waals surface area contributed by atoms with E-state index in [4.69, 9.17) is 16.3 Å². The number of piperazine rings is 1. The molecule has 1 aromatic heterocycles. The summed E-state index contributed by atoms with van der Waals surface area (Å²) in [5.41, 5.74) is 3.45. The van der Waals surface area contributed by atoms with E-state index in [1.165, 1.54) is 25.9 Å². The van der Waals surface area contributed by atoms with E-state index >= 15 is 0 Å². The standard InChI is InChI=1S/C30H42ClN8O2P/c1-36-16-18-39(19-17-36)22-12-14-38(15-13-22)23-10-11-26(28(20-23)41-3)34-30-32-21-24(31)29(35-30)33-25-8-6-7-9-27(25)37(2)42(4,5)40/h6-11,20-22H,12-19H2,1-5H3,(H2,32,33,34,35). The van der Waals surface area contributed by atoms with Crippen LogP contribution in [0, 0.1) is 0 Å². The van der Waals surface area contributed by atoms with Crippen molar-refractivity contribution < 1.29 is 9.30 Å². The van der Waals surface area contributed by atoms with E-state index in [9.17, 15) is 4.57 Å². The number of halogens is 1. The van der Waals surface area contributed by atoms with Gasteiger partial charge in [0.2, 0.25) is 5.95 Å². The minimum atomic E-state index is -2.52. The molecule has 2 N–H and O–H groups in total. The zero-order valence-electron chi connectivity index (χ0n) is 25.2. The molecular weight excluding hydrogens is 571 g/mol. The number of piperidine rings is 1. The highest BCUT2D eigenvalue weighted by Crippen LogP contribution is 2.46. The first-order valence-corrected chi connectivity index (χ1v) is 17.4. The van der Waals surface area contributed by atoms with Crippen molar-refractivity contribution in [3.63, 3.8) is 0 Å². The van der Waals surface area contributed by atoms with E-state index in [0.29, 0.717) is 22.8 Å². The molecule has 5 rings (SSSR count). The first kappa shape index (κ1) is 30.4. The van der Waals surface area contributed by atoms with Gasteiger partial charge in [-0.05, 0) is 44.2 Å². The number of hydrogen-bond acceptors (Lipinski definition) is 9. The lowest BCUT2D eigenvalue weighted by atomic mass is 10.0. The van der Waals surface area contributed by atoms with Crippen LogP contribution in [0.5, 0.6) is 5.75 Å². The van der Waals surface area contributed by atoms with Crippen LogP contribution in [0.1, 0.15) is 12.8 Å². The van der Waals surface area contributed by atoms with Crippen molar-refractivity contribution in [3.05, 3.63) is 53.7 Å². The van der Waals surface area contributed by atoms with Gasteiger partial charge in [0.05, 0.1) is 30.4 Å². The molecule has 0 radical (unpaired) electrons. The van der Waals surface area contributed by atoms with Gasteiger partial charge in [0.15, 0.2) is 13.1 Å². The Labute approximate surface area is 254 Å². The third kappa shape index (κ3) is 7.11. The second kappa shape index (κ2) is 13.1. The molecule has 3 aromatic rings. The van der Waals surface area contributed by atoms with Crippen LogP contribution >= 0.6 is 18.9 Å². The molecule has 2 aromatic carbocycles. The molecule has 0 atom stereocenters. The fourth-order valence-electron chi connectivity index (χ4n) is 5.54. The number of aromatic nitrogens is 2. The van der Waals surface area contributed by atoms with Crippen LogP contribution in [0.4, 0.5) is 34.5 Å². The summed E-state index contributed by atoms with van der Waals surface area (Å²) in [6, 6.07) is 14.5. The van der Waals surface area contributed by atoms with Crippen molar-refractivity contribution in [2.75, 3.05) is 94.0 Å². The maximum absolute atomic E-state index is 12.7. The topological polar surface area (TPSA) is 89.1 Å². The Balaban J connectivity index is 1.27. The van der Waals surface area contributed by atoms with Crippen LogP contribution in [0.3, 0.4) is 0 Å². The van der Waals surface area contributed by atoms with Gasteiger partial charge in [-0.1, -0.05) is 23.7 Å². The van der Waals surface area contributed by atoms with Crippen LogP contribution in [0.25, 0.3) is 0 Å². The molecule has 0 saturated carbocycles. The Morgan fingerprint density at radius 1 is 1.00 bits per heavy atom.